The van der Waals surface area contributed by atoms with Crippen LogP contribution in [0.1, 0.15) is 11.6 Å². The molecule has 1 N–H and O–H groups in total. The molecule has 0 spiro atoms. The molecule has 7 heteroatoms. The van der Waals surface area contributed by atoms with Gasteiger partial charge in [0.25, 0.3) is 0 Å². The third-order valence-corrected chi connectivity index (χ3v) is 4.79. The first kappa shape index (κ1) is 16.0. The van der Waals surface area contributed by atoms with E-state index in [9.17, 15) is 0 Å². The second kappa shape index (κ2) is 6.78. The van der Waals surface area contributed by atoms with E-state index < -0.39 is 0 Å². The van der Waals surface area contributed by atoms with Gasteiger partial charge in [0.15, 0.2) is 5.65 Å². The van der Waals surface area contributed by atoms with E-state index in [-0.39, 0.29) is 12.1 Å². The number of morpholine rings is 1. The molecule has 2 aromatic heterocycles. The molecule has 4 rings (SSSR count). The third kappa shape index (κ3) is 3.08. The van der Waals surface area contributed by atoms with Gasteiger partial charge in [-0.1, -0.05) is 30.3 Å². The molecule has 0 aliphatic carbocycles. The molecule has 3 heterocycles. The average molecular weight is 338 g/mol. The predicted molar refractivity (Wildman–Crippen MR) is 96.5 cm³/mol. The van der Waals surface area contributed by atoms with Crippen molar-refractivity contribution in [2.45, 2.75) is 12.1 Å². The summed E-state index contributed by atoms with van der Waals surface area (Å²) in [6.45, 7) is 2.41. The number of nitrogens with one attached hydrogen (secondary N) is 1. The van der Waals surface area contributed by atoms with E-state index in [0.717, 1.165) is 36.5 Å². The maximum atomic E-state index is 6.15. The number of ether oxygens (including phenoxy) is 1. The molecule has 2 atom stereocenters. The van der Waals surface area contributed by atoms with Crippen molar-refractivity contribution >= 4 is 16.9 Å². The SMILES string of the molecule is CN(C[C@@H]1OCCN(C)[C@H]1c1ccccc1)c1ncnc2[nH]ncc12. The Hall–Kier alpha value is -2.51. The fraction of sp³-hybridized carbons (Fsp3) is 0.389. The zero-order chi connectivity index (χ0) is 17.2. The molecule has 0 saturated carbocycles. The Bertz CT molecular complexity index is 836. The topological polar surface area (TPSA) is 70.2 Å². The Morgan fingerprint density at radius 2 is 2.12 bits per heavy atom. The number of aromatic nitrogens is 4. The van der Waals surface area contributed by atoms with Crippen LogP contribution in [0.3, 0.4) is 0 Å². The number of likely N-dealkylation sites (N-methyl/N-ethyl adjacent to an activating group) is 2. The standard InChI is InChI=1S/C18H22N6O/c1-23-8-9-25-15(16(23)13-6-4-3-5-7-13)11-24(2)18-14-10-21-22-17(14)19-12-20-18/h3-7,10,12,15-16H,8-9,11H2,1-2H3,(H,19,20,21,22)/t15-,16-/m0/s1. The predicted octanol–water partition coefficient (Wildman–Crippen LogP) is 1.86. The average Bonchev–Trinajstić information content (AvgIpc) is 3.11. The molecule has 0 radical (unpaired) electrons. The zero-order valence-electron chi connectivity index (χ0n) is 14.5. The van der Waals surface area contributed by atoms with Gasteiger partial charge >= 0.3 is 0 Å². The minimum absolute atomic E-state index is 0.0584. The second-order valence-electron chi connectivity index (χ2n) is 6.46. The Balaban J connectivity index is 1.60. The molecule has 1 aromatic carbocycles. The van der Waals surface area contributed by atoms with Crippen LogP contribution >= 0.6 is 0 Å². The smallest absolute Gasteiger partial charge is 0.160 e. The molecular formula is C18H22N6O. The van der Waals surface area contributed by atoms with Gasteiger partial charge in [-0.2, -0.15) is 5.10 Å². The second-order valence-corrected chi connectivity index (χ2v) is 6.46. The maximum Gasteiger partial charge on any atom is 0.160 e. The van der Waals surface area contributed by atoms with Gasteiger partial charge in [0.05, 0.1) is 30.3 Å². The van der Waals surface area contributed by atoms with E-state index >= 15 is 0 Å². The molecule has 1 aliphatic rings. The molecule has 130 valence electrons. The quantitative estimate of drug-likeness (QED) is 0.783. The van der Waals surface area contributed by atoms with Gasteiger partial charge in [0, 0.05) is 20.1 Å². The molecule has 1 fully saturated rings. The molecule has 25 heavy (non-hydrogen) atoms. The van der Waals surface area contributed by atoms with Crippen molar-refractivity contribution in [1.29, 1.82) is 0 Å². The number of nitrogens with zero attached hydrogens (tertiary/aromatic N) is 5. The molecule has 7 nitrogen and oxygen atoms in total. The summed E-state index contributed by atoms with van der Waals surface area (Å²) < 4.78 is 6.15. The zero-order valence-corrected chi connectivity index (χ0v) is 14.5. The summed E-state index contributed by atoms with van der Waals surface area (Å²) in [6, 6.07) is 10.8. The number of fused-ring (bicyclic) bond motifs is 1. The van der Waals surface area contributed by atoms with Crippen LogP contribution < -0.4 is 4.90 Å². The van der Waals surface area contributed by atoms with Crippen LogP contribution in [-0.4, -0.2) is 65.0 Å². The minimum Gasteiger partial charge on any atom is -0.373 e. The van der Waals surface area contributed by atoms with E-state index in [0.29, 0.717) is 0 Å². The van der Waals surface area contributed by atoms with E-state index in [4.69, 9.17) is 4.74 Å². The van der Waals surface area contributed by atoms with E-state index in [1.165, 1.54) is 5.56 Å². The lowest BCUT2D eigenvalue weighted by Gasteiger charge is -2.41. The molecular weight excluding hydrogens is 316 g/mol. The Labute approximate surface area is 146 Å². The third-order valence-electron chi connectivity index (χ3n) is 4.79. The molecule has 0 bridgehead atoms. The van der Waals surface area contributed by atoms with Crippen LogP contribution in [0.2, 0.25) is 0 Å². The largest absolute Gasteiger partial charge is 0.373 e. The monoisotopic (exact) mass is 338 g/mol. The Kier molecular flexibility index (Phi) is 4.33. The maximum absolute atomic E-state index is 6.15. The van der Waals surface area contributed by atoms with Crippen LogP contribution in [0.15, 0.2) is 42.9 Å². The van der Waals surface area contributed by atoms with E-state index in [1.807, 2.05) is 13.1 Å². The van der Waals surface area contributed by atoms with Gasteiger partial charge in [-0.15, -0.1) is 0 Å². The highest BCUT2D eigenvalue weighted by Gasteiger charge is 2.32. The van der Waals surface area contributed by atoms with Gasteiger partial charge in [-0.3, -0.25) is 10.00 Å². The van der Waals surface area contributed by atoms with E-state index in [1.54, 1.807) is 12.5 Å². The Morgan fingerprint density at radius 1 is 1.28 bits per heavy atom. The molecule has 3 aromatic rings. The number of hydrogen-bond acceptors (Lipinski definition) is 6. The van der Waals surface area contributed by atoms with Crippen molar-refractivity contribution < 1.29 is 4.74 Å². The van der Waals surface area contributed by atoms with Gasteiger partial charge < -0.3 is 9.64 Å². The summed E-state index contributed by atoms with van der Waals surface area (Å²) in [7, 11) is 4.20. The van der Waals surface area contributed by atoms with Crippen LogP contribution in [0, 0.1) is 0 Å². The van der Waals surface area contributed by atoms with Crippen LogP contribution in [0.25, 0.3) is 11.0 Å². The molecule has 1 aliphatic heterocycles. The number of aromatic amines is 1. The van der Waals surface area contributed by atoms with Crippen LogP contribution in [0.4, 0.5) is 5.82 Å². The van der Waals surface area contributed by atoms with Gasteiger partial charge in [-0.05, 0) is 12.6 Å². The first-order chi connectivity index (χ1) is 12.2. The van der Waals surface area contributed by atoms with Gasteiger partial charge in [0.2, 0.25) is 0 Å². The number of benzene rings is 1. The Morgan fingerprint density at radius 3 is 2.96 bits per heavy atom. The lowest BCUT2D eigenvalue weighted by Crippen LogP contribution is -2.48. The van der Waals surface area contributed by atoms with Crippen molar-refractivity contribution in [3.63, 3.8) is 0 Å². The van der Waals surface area contributed by atoms with Crippen molar-refractivity contribution in [3.05, 3.63) is 48.4 Å². The summed E-state index contributed by atoms with van der Waals surface area (Å²) >= 11 is 0. The summed E-state index contributed by atoms with van der Waals surface area (Å²) in [5, 5.41) is 7.89. The lowest BCUT2D eigenvalue weighted by molar-refractivity contribution is -0.0580. The number of hydrogen-bond donors (Lipinski definition) is 1. The number of H-pyrrole nitrogens is 1. The van der Waals surface area contributed by atoms with Crippen molar-refractivity contribution in [1.82, 2.24) is 25.1 Å². The molecule has 0 unspecified atom stereocenters. The van der Waals surface area contributed by atoms with Gasteiger partial charge in [-0.25, -0.2) is 9.97 Å². The van der Waals surface area contributed by atoms with E-state index in [2.05, 4.69) is 61.3 Å². The highest BCUT2D eigenvalue weighted by atomic mass is 16.5. The van der Waals surface area contributed by atoms with Crippen LogP contribution in [-0.2, 0) is 4.74 Å². The summed E-state index contributed by atoms with van der Waals surface area (Å²) in [5.74, 6) is 0.863. The lowest BCUT2D eigenvalue weighted by atomic mass is 9.98. The fourth-order valence-electron chi connectivity index (χ4n) is 3.55. The highest BCUT2D eigenvalue weighted by molar-refractivity contribution is 5.85. The first-order valence-electron chi connectivity index (χ1n) is 8.46. The van der Waals surface area contributed by atoms with Crippen molar-refractivity contribution in [2.75, 3.05) is 38.7 Å². The molecule has 0 amide bonds. The number of anilines is 1. The van der Waals surface area contributed by atoms with Crippen molar-refractivity contribution in [3.8, 4) is 0 Å². The fourth-order valence-corrected chi connectivity index (χ4v) is 3.55. The molecule has 1 saturated heterocycles. The number of rotatable bonds is 4. The summed E-state index contributed by atoms with van der Waals surface area (Å²) in [6.07, 6.45) is 3.39. The first-order valence-corrected chi connectivity index (χ1v) is 8.46. The van der Waals surface area contributed by atoms with Crippen LogP contribution in [0.5, 0.6) is 0 Å². The highest BCUT2D eigenvalue weighted by Crippen LogP contribution is 2.30. The minimum atomic E-state index is 0.0584. The van der Waals surface area contributed by atoms with Crippen molar-refractivity contribution in [2.24, 2.45) is 0 Å². The normalized spacial score (nSPS) is 21.5. The summed E-state index contributed by atoms with van der Waals surface area (Å²) in [5.41, 5.74) is 2.03. The van der Waals surface area contributed by atoms with Gasteiger partial charge in [0.1, 0.15) is 12.1 Å². The summed E-state index contributed by atoms with van der Waals surface area (Å²) in [4.78, 5) is 13.1.